The van der Waals surface area contributed by atoms with Crippen molar-refractivity contribution in [2.75, 3.05) is 5.75 Å². The summed E-state index contributed by atoms with van der Waals surface area (Å²) in [6, 6.07) is 13.9. The number of aryl methyl sites for hydroxylation is 1. The molecule has 0 radical (unpaired) electrons. The van der Waals surface area contributed by atoms with Gasteiger partial charge in [-0.05, 0) is 36.6 Å². The van der Waals surface area contributed by atoms with Crippen LogP contribution in [0.15, 0.2) is 47.4 Å². The molecule has 2 atom stereocenters. The highest BCUT2D eigenvalue weighted by Gasteiger charge is 2.17. The summed E-state index contributed by atoms with van der Waals surface area (Å²) in [4.78, 5) is 11.5. The van der Waals surface area contributed by atoms with E-state index in [2.05, 4.69) is 12.6 Å². The van der Waals surface area contributed by atoms with E-state index in [1.54, 1.807) is 6.92 Å². The Morgan fingerprint density at radius 1 is 1.23 bits per heavy atom. The quantitative estimate of drug-likeness (QED) is 0.817. The van der Waals surface area contributed by atoms with Crippen molar-refractivity contribution >= 4 is 29.4 Å². The number of hydrogen-bond donors (Lipinski definition) is 2. The van der Waals surface area contributed by atoms with E-state index in [0.29, 0.717) is 0 Å². The largest absolute Gasteiger partial charge is 0.481 e. The van der Waals surface area contributed by atoms with Crippen molar-refractivity contribution in [3.05, 3.63) is 53.6 Å². The summed E-state index contributed by atoms with van der Waals surface area (Å²) in [6.45, 7) is 3.81. The Morgan fingerprint density at radius 3 is 2.41 bits per heavy atom. The van der Waals surface area contributed by atoms with Crippen LogP contribution in [0.3, 0.4) is 0 Å². The maximum Gasteiger partial charge on any atom is 0.316 e. The van der Waals surface area contributed by atoms with Crippen molar-refractivity contribution in [2.45, 2.75) is 24.0 Å². The van der Waals surface area contributed by atoms with Gasteiger partial charge in [-0.15, -0.1) is 12.6 Å². The zero-order valence-electron chi connectivity index (χ0n) is 12.4. The van der Waals surface area contributed by atoms with Crippen LogP contribution in [-0.2, 0) is 15.6 Å². The molecular formula is C17H18O3S2. The summed E-state index contributed by atoms with van der Waals surface area (Å²) >= 11 is 4.52. The molecule has 5 heteroatoms. The number of rotatable bonds is 5. The summed E-state index contributed by atoms with van der Waals surface area (Å²) < 4.78 is 12.0. The van der Waals surface area contributed by atoms with Gasteiger partial charge < -0.3 is 5.11 Å². The molecule has 0 aromatic heterocycles. The molecule has 2 rings (SSSR count). The van der Waals surface area contributed by atoms with Crippen molar-refractivity contribution in [3.8, 4) is 11.1 Å². The van der Waals surface area contributed by atoms with Crippen molar-refractivity contribution < 1.29 is 14.1 Å². The predicted octanol–water partition coefficient (Wildman–Crippen LogP) is 3.85. The van der Waals surface area contributed by atoms with Crippen LogP contribution >= 0.6 is 12.6 Å². The second-order valence-corrected chi connectivity index (χ2v) is 7.44. The lowest BCUT2D eigenvalue weighted by Gasteiger charge is -2.13. The van der Waals surface area contributed by atoms with Crippen LogP contribution in [0, 0.1) is 6.92 Å². The molecule has 2 aromatic rings. The normalized spacial score (nSPS) is 13.6. The van der Waals surface area contributed by atoms with Gasteiger partial charge in [-0.2, -0.15) is 0 Å². The van der Waals surface area contributed by atoms with Crippen molar-refractivity contribution in [1.29, 1.82) is 0 Å². The standard InChI is InChI=1S/C17H18O3S2/c1-11-3-5-13(6-4-11)15-8-7-14(9-16(15)21)12(2)22(20)10-17(18)19/h3-9,12,21H,10H2,1-2H3,(H,18,19). The number of carboxylic acid groups (broad SMARTS) is 1. The fraction of sp³-hybridized carbons (Fsp3) is 0.235. The molecule has 0 saturated heterocycles. The van der Waals surface area contributed by atoms with E-state index < -0.39 is 16.8 Å². The van der Waals surface area contributed by atoms with Crippen LogP contribution < -0.4 is 0 Å². The van der Waals surface area contributed by atoms with E-state index in [1.807, 2.05) is 49.4 Å². The number of hydrogen-bond acceptors (Lipinski definition) is 3. The van der Waals surface area contributed by atoms with Gasteiger partial charge in [0.05, 0.1) is 5.25 Å². The molecule has 22 heavy (non-hydrogen) atoms. The van der Waals surface area contributed by atoms with Gasteiger partial charge in [-0.25, -0.2) is 0 Å². The van der Waals surface area contributed by atoms with Crippen LogP contribution in [0.5, 0.6) is 0 Å². The topological polar surface area (TPSA) is 54.4 Å². The molecule has 0 bridgehead atoms. The zero-order chi connectivity index (χ0) is 16.3. The molecule has 0 heterocycles. The SMILES string of the molecule is Cc1ccc(-c2ccc(C(C)S(=O)CC(=O)O)cc2S)cc1. The molecule has 0 spiro atoms. The minimum Gasteiger partial charge on any atom is -0.481 e. The first-order chi connectivity index (χ1) is 10.4. The van der Waals surface area contributed by atoms with Crippen LogP contribution in [0.1, 0.15) is 23.3 Å². The maximum absolute atomic E-state index is 12.0. The van der Waals surface area contributed by atoms with Gasteiger partial charge >= 0.3 is 5.97 Å². The molecule has 116 valence electrons. The first kappa shape index (κ1) is 16.8. The Kier molecular flexibility index (Phi) is 5.42. The van der Waals surface area contributed by atoms with Gasteiger partial charge in [0, 0.05) is 15.7 Å². The van der Waals surface area contributed by atoms with Crippen LogP contribution in [-0.4, -0.2) is 21.0 Å². The molecule has 2 unspecified atom stereocenters. The predicted molar refractivity (Wildman–Crippen MR) is 92.9 cm³/mol. The molecule has 3 nitrogen and oxygen atoms in total. The summed E-state index contributed by atoms with van der Waals surface area (Å²) in [5, 5.41) is 8.40. The average molecular weight is 334 g/mol. The number of carbonyl (C=O) groups is 1. The second kappa shape index (κ2) is 7.11. The van der Waals surface area contributed by atoms with Crippen molar-refractivity contribution in [1.82, 2.24) is 0 Å². The van der Waals surface area contributed by atoms with Crippen molar-refractivity contribution in [2.24, 2.45) is 0 Å². The summed E-state index contributed by atoms with van der Waals surface area (Å²) in [5.41, 5.74) is 4.10. The first-order valence-electron chi connectivity index (χ1n) is 6.87. The Bertz CT molecular complexity index is 708. The fourth-order valence-corrected chi connectivity index (χ4v) is 3.47. The van der Waals surface area contributed by atoms with Gasteiger partial charge in [0.15, 0.2) is 0 Å². The Labute approximate surface area is 138 Å². The third-order valence-corrected chi connectivity index (χ3v) is 5.48. The number of carboxylic acids is 1. The highest BCUT2D eigenvalue weighted by Crippen LogP contribution is 2.31. The van der Waals surface area contributed by atoms with E-state index in [1.165, 1.54) is 5.56 Å². The lowest BCUT2D eigenvalue weighted by molar-refractivity contribution is -0.133. The molecule has 0 aliphatic carbocycles. The van der Waals surface area contributed by atoms with E-state index in [4.69, 9.17) is 5.11 Å². The highest BCUT2D eigenvalue weighted by atomic mass is 32.2. The van der Waals surface area contributed by atoms with Crippen LogP contribution in [0.4, 0.5) is 0 Å². The van der Waals surface area contributed by atoms with Crippen molar-refractivity contribution in [3.63, 3.8) is 0 Å². The summed E-state index contributed by atoms with van der Waals surface area (Å²) in [6.07, 6.45) is 0. The molecule has 0 amide bonds. The second-order valence-electron chi connectivity index (χ2n) is 5.20. The molecule has 0 saturated carbocycles. The molecule has 0 fully saturated rings. The molecule has 0 aliphatic heterocycles. The lowest BCUT2D eigenvalue weighted by atomic mass is 10.0. The van der Waals surface area contributed by atoms with E-state index in [-0.39, 0.29) is 11.0 Å². The van der Waals surface area contributed by atoms with Gasteiger partial charge in [-0.1, -0.05) is 42.0 Å². The molecule has 0 aliphatic rings. The monoisotopic (exact) mass is 334 g/mol. The smallest absolute Gasteiger partial charge is 0.316 e. The number of thiol groups is 1. The van der Waals surface area contributed by atoms with E-state index in [0.717, 1.165) is 21.6 Å². The molecule has 2 aromatic carbocycles. The van der Waals surface area contributed by atoms with Gasteiger partial charge in [-0.3, -0.25) is 9.00 Å². The minimum atomic E-state index is -1.44. The molecular weight excluding hydrogens is 316 g/mol. The lowest BCUT2D eigenvalue weighted by Crippen LogP contribution is -2.14. The first-order valence-corrected chi connectivity index (χ1v) is 8.70. The Hall–Kier alpha value is -1.59. The third-order valence-electron chi connectivity index (χ3n) is 3.51. The third kappa shape index (κ3) is 3.99. The zero-order valence-corrected chi connectivity index (χ0v) is 14.2. The van der Waals surface area contributed by atoms with Crippen LogP contribution in [0.2, 0.25) is 0 Å². The van der Waals surface area contributed by atoms with Gasteiger partial charge in [0.1, 0.15) is 5.75 Å². The highest BCUT2D eigenvalue weighted by molar-refractivity contribution is 7.86. The maximum atomic E-state index is 12.0. The van der Waals surface area contributed by atoms with Gasteiger partial charge in [0.25, 0.3) is 0 Å². The van der Waals surface area contributed by atoms with E-state index >= 15 is 0 Å². The summed E-state index contributed by atoms with van der Waals surface area (Å²) in [5.74, 6) is -1.39. The number of benzene rings is 2. The number of aliphatic carboxylic acids is 1. The molecule has 1 N–H and O–H groups in total. The average Bonchev–Trinajstić information content (AvgIpc) is 2.47. The Morgan fingerprint density at radius 2 is 1.86 bits per heavy atom. The van der Waals surface area contributed by atoms with Crippen LogP contribution in [0.25, 0.3) is 11.1 Å². The summed E-state index contributed by atoms with van der Waals surface area (Å²) in [7, 11) is -1.44. The van der Waals surface area contributed by atoms with E-state index in [9.17, 15) is 9.00 Å². The Balaban J connectivity index is 2.28. The van der Waals surface area contributed by atoms with Gasteiger partial charge in [0.2, 0.25) is 0 Å². The minimum absolute atomic E-state index is 0.339. The fourth-order valence-electron chi connectivity index (χ4n) is 2.18.